The standard InChI is InChI=1S/C25H43NO10/c1-13-10-25(32-8,36-15(3)14(13)2)20(28)22(29)26-23-19-18(33-12-34-23)21(31-7)24(4,5)17(35-19)9-16(11-27)30-6/h14-21,23,27-28H,1,9-12H2,2-8H3,(H,26,29)/t14-,15-,16+,17-,18+,19?,20-,21-,23+,25+/m1/s1. The number of amides is 1. The molecule has 3 saturated heterocycles. The molecule has 3 fully saturated rings. The lowest BCUT2D eigenvalue weighted by molar-refractivity contribution is -0.333. The fourth-order valence-electron chi connectivity index (χ4n) is 5.42. The summed E-state index contributed by atoms with van der Waals surface area (Å²) in [5.74, 6) is -2.25. The molecule has 208 valence electrons. The van der Waals surface area contributed by atoms with Crippen LogP contribution in [0.2, 0.25) is 0 Å². The lowest BCUT2D eigenvalue weighted by atomic mass is 9.72. The molecule has 3 N–H and O–H groups in total. The molecule has 1 unspecified atom stereocenters. The van der Waals surface area contributed by atoms with Gasteiger partial charge in [0.15, 0.2) is 12.3 Å². The number of fused-ring (bicyclic) bond motifs is 1. The Morgan fingerprint density at radius 2 is 1.92 bits per heavy atom. The molecule has 0 aliphatic carbocycles. The first kappa shape index (κ1) is 29.4. The number of hydrogen-bond donors (Lipinski definition) is 3. The van der Waals surface area contributed by atoms with Gasteiger partial charge in [-0.15, -0.1) is 0 Å². The van der Waals surface area contributed by atoms with Crippen LogP contribution in [0.25, 0.3) is 0 Å². The number of methoxy groups -OCH3 is 3. The Hall–Kier alpha value is -1.15. The van der Waals surface area contributed by atoms with E-state index in [1.54, 1.807) is 7.11 Å². The molecule has 10 atom stereocenters. The largest absolute Gasteiger partial charge is 0.394 e. The van der Waals surface area contributed by atoms with Crippen LogP contribution in [0.4, 0.5) is 0 Å². The third-order valence-electron chi connectivity index (χ3n) is 8.08. The highest BCUT2D eigenvalue weighted by molar-refractivity contribution is 5.82. The zero-order valence-corrected chi connectivity index (χ0v) is 22.4. The van der Waals surface area contributed by atoms with Crippen LogP contribution >= 0.6 is 0 Å². The van der Waals surface area contributed by atoms with Crippen LogP contribution in [0.15, 0.2) is 12.2 Å². The van der Waals surface area contributed by atoms with Crippen LogP contribution in [0.1, 0.15) is 40.5 Å². The average molecular weight is 518 g/mol. The second kappa shape index (κ2) is 11.7. The SMILES string of the molecule is C=C1C[C@@](OC)([C@H](O)C(=O)N[C@H]2OCO[C@H]3C2O[C@H](C[C@@H](CO)OC)C(C)(C)[C@@H]3OC)O[C@H](C)[C@@H]1C. The molecule has 3 aliphatic rings. The van der Waals surface area contributed by atoms with Crippen molar-refractivity contribution in [3.05, 3.63) is 12.2 Å². The highest BCUT2D eigenvalue weighted by Crippen LogP contribution is 2.44. The first-order valence-electron chi connectivity index (χ1n) is 12.4. The van der Waals surface area contributed by atoms with Crippen molar-refractivity contribution in [1.82, 2.24) is 5.32 Å². The van der Waals surface area contributed by atoms with Gasteiger partial charge >= 0.3 is 0 Å². The molecular formula is C25H43NO10. The van der Waals surface area contributed by atoms with E-state index in [0.29, 0.717) is 6.42 Å². The van der Waals surface area contributed by atoms with E-state index in [-0.39, 0.29) is 31.8 Å². The van der Waals surface area contributed by atoms with E-state index in [9.17, 15) is 15.0 Å². The minimum absolute atomic E-state index is 0.0554. The van der Waals surface area contributed by atoms with Crippen LogP contribution in [-0.2, 0) is 38.0 Å². The molecule has 1 amide bonds. The molecule has 0 spiro atoms. The van der Waals surface area contributed by atoms with Crippen molar-refractivity contribution in [2.45, 2.75) is 95.3 Å². The van der Waals surface area contributed by atoms with Crippen LogP contribution in [0, 0.1) is 11.3 Å². The fraction of sp³-hybridized carbons (Fsp3) is 0.880. The Morgan fingerprint density at radius 3 is 2.47 bits per heavy atom. The van der Waals surface area contributed by atoms with Crippen molar-refractivity contribution in [1.29, 1.82) is 0 Å². The third kappa shape index (κ3) is 5.50. The minimum atomic E-state index is -1.65. The molecule has 36 heavy (non-hydrogen) atoms. The maximum Gasteiger partial charge on any atom is 0.256 e. The number of aliphatic hydroxyl groups is 2. The predicted octanol–water partition coefficient (Wildman–Crippen LogP) is 0.712. The van der Waals surface area contributed by atoms with E-state index in [0.717, 1.165) is 5.57 Å². The van der Waals surface area contributed by atoms with Gasteiger partial charge in [0, 0.05) is 45.5 Å². The van der Waals surface area contributed by atoms with Crippen molar-refractivity contribution < 1.29 is 48.2 Å². The zero-order valence-electron chi connectivity index (χ0n) is 22.4. The Morgan fingerprint density at radius 1 is 1.22 bits per heavy atom. The number of nitrogens with one attached hydrogen (secondary N) is 1. The monoisotopic (exact) mass is 517 g/mol. The Balaban J connectivity index is 1.80. The minimum Gasteiger partial charge on any atom is -0.394 e. The highest BCUT2D eigenvalue weighted by Gasteiger charge is 2.57. The van der Waals surface area contributed by atoms with Crippen molar-refractivity contribution in [3.8, 4) is 0 Å². The van der Waals surface area contributed by atoms with Crippen molar-refractivity contribution in [3.63, 3.8) is 0 Å². The molecule has 3 rings (SSSR count). The van der Waals surface area contributed by atoms with Crippen molar-refractivity contribution in [2.75, 3.05) is 34.7 Å². The van der Waals surface area contributed by atoms with Gasteiger partial charge in [0.2, 0.25) is 5.79 Å². The van der Waals surface area contributed by atoms with Crippen LogP contribution in [0.3, 0.4) is 0 Å². The Kier molecular flexibility index (Phi) is 9.57. The Bertz CT molecular complexity index is 774. The number of aliphatic hydroxyl groups excluding tert-OH is 2. The molecule has 0 aromatic heterocycles. The van der Waals surface area contributed by atoms with Gasteiger partial charge < -0.3 is 48.7 Å². The van der Waals surface area contributed by atoms with E-state index in [2.05, 4.69) is 11.9 Å². The smallest absolute Gasteiger partial charge is 0.256 e. The second-order valence-corrected chi connectivity index (χ2v) is 10.6. The maximum atomic E-state index is 13.3. The second-order valence-electron chi connectivity index (χ2n) is 10.6. The normalized spacial score (nSPS) is 40.2. The molecular weight excluding hydrogens is 474 g/mol. The van der Waals surface area contributed by atoms with Crippen LogP contribution in [-0.4, -0.2) is 106 Å². The van der Waals surface area contributed by atoms with Gasteiger partial charge in [-0.05, 0) is 6.92 Å². The molecule has 0 saturated carbocycles. The molecule has 11 heteroatoms. The Labute approximate surface area is 213 Å². The molecule has 0 aromatic carbocycles. The molecule has 0 aromatic rings. The summed E-state index contributed by atoms with van der Waals surface area (Å²) in [6.45, 7) is 11.6. The summed E-state index contributed by atoms with van der Waals surface area (Å²) in [7, 11) is 4.51. The molecule has 3 heterocycles. The van der Waals surface area contributed by atoms with Gasteiger partial charge in [-0.25, -0.2) is 0 Å². The van der Waals surface area contributed by atoms with E-state index >= 15 is 0 Å². The van der Waals surface area contributed by atoms with E-state index < -0.39 is 60.0 Å². The van der Waals surface area contributed by atoms with E-state index in [1.807, 2.05) is 27.7 Å². The predicted molar refractivity (Wildman–Crippen MR) is 128 cm³/mol. The fourth-order valence-corrected chi connectivity index (χ4v) is 5.42. The summed E-state index contributed by atoms with van der Waals surface area (Å²) < 4.78 is 40.7. The summed E-state index contributed by atoms with van der Waals surface area (Å²) in [6, 6.07) is 0. The van der Waals surface area contributed by atoms with E-state index in [4.69, 9.17) is 33.2 Å². The molecule has 0 bridgehead atoms. The van der Waals surface area contributed by atoms with E-state index in [1.165, 1.54) is 14.2 Å². The van der Waals surface area contributed by atoms with Gasteiger partial charge in [-0.1, -0.05) is 32.9 Å². The molecule has 0 radical (unpaired) electrons. The summed E-state index contributed by atoms with van der Waals surface area (Å²) in [4.78, 5) is 13.3. The lowest BCUT2D eigenvalue weighted by Gasteiger charge is -2.54. The number of rotatable bonds is 9. The quantitative estimate of drug-likeness (QED) is 0.376. The summed E-state index contributed by atoms with van der Waals surface area (Å²) in [6.07, 6.45) is -4.86. The van der Waals surface area contributed by atoms with Gasteiger partial charge in [0.1, 0.15) is 19.0 Å². The van der Waals surface area contributed by atoms with Crippen molar-refractivity contribution in [2.24, 2.45) is 11.3 Å². The molecule has 3 aliphatic heterocycles. The third-order valence-corrected chi connectivity index (χ3v) is 8.08. The van der Waals surface area contributed by atoms with Crippen LogP contribution < -0.4 is 5.32 Å². The van der Waals surface area contributed by atoms with Gasteiger partial charge in [0.25, 0.3) is 5.91 Å². The van der Waals surface area contributed by atoms with Crippen molar-refractivity contribution >= 4 is 5.91 Å². The maximum absolute atomic E-state index is 13.3. The number of carbonyl (C=O) groups excluding carboxylic acids is 1. The zero-order chi connectivity index (χ0) is 26.8. The topological polar surface area (TPSA) is 134 Å². The number of carbonyl (C=O) groups is 1. The van der Waals surface area contributed by atoms with Gasteiger partial charge in [0.05, 0.1) is 31.0 Å². The molecule has 11 nitrogen and oxygen atoms in total. The van der Waals surface area contributed by atoms with Crippen LogP contribution in [0.5, 0.6) is 0 Å². The number of hydrogen-bond acceptors (Lipinski definition) is 10. The first-order valence-corrected chi connectivity index (χ1v) is 12.4. The summed E-state index contributed by atoms with van der Waals surface area (Å²) in [5.41, 5.74) is 0.321. The lowest BCUT2D eigenvalue weighted by Crippen LogP contribution is -2.69. The van der Waals surface area contributed by atoms with Gasteiger partial charge in [-0.3, -0.25) is 4.79 Å². The summed E-state index contributed by atoms with van der Waals surface area (Å²) in [5, 5.41) is 23.5. The highest BCUT2D eigenvalue weighted by atomic mass is 16.7. The first-order chi connectivity index (χ1) is 16.9. The van der Waals surface area contributed by atoms with Gasteiger partial charge in [-0.2, -0.15) is 0 Å². The average Bonchev–Trinajstić information content (AvgIpc) is 2.85. The summed E-state index contributed by atoms with van der Waals surface area (Å²) >= 11 is 0. The number of ether oxygens (including phenoxy) is 7.